The van der Waals surface area contributed by atoms with E-state index in [0.717, 1.165) is 0 Å². The van der Waals surface area contributed by atoms with Crippen LogP contribution in [0.2, 0.25) is 0 Å². The maximum absolute atomic E-state index is 13.5. The van der Waals surface area contributed by atoms with E-state index in [2.05, 4.69) is 15.9 Å². The topological polar surface area (TPSA) is 20.3 Å². The van der Waals surface area contributed by atoms with Crippen LogP contribution in [0.4, 0.5) is 4.39 Å². The lowest BCUT2D eigenvalue weighted by Gasteiger charge is -2.25. The molecule has 16 heavy (non-hydrogen) atoms. The van der Waals surface area contributed by atoms with Gasteiger partial charge in [-0.3, -0.25) is 4.79 Å². The number of rotatable bonds is 3. The summed E-state index contributed by atoms with van der Waals surface area (Å²) in [5, 5.41) is 0. The van der Waals surface area contributed by atoms with Gasteiger partial charge in [-0.05, 0) is 39.0 Å². The Morgan fingerprint density at radius 1 is 1.50 bits per heavy atom. The van der Waals surface area contributed by atoms with Gasteiger partial charge in [0.15, 0.2) is 0 Å². The van der Waals surface area contributed by atoms with E-state index in [4.69, 9.17) is 0 Å². The normalized spacial score (nSPS) is 10.6. The number of carbonyl (C=O) groups is 1. The second kappa shape index (κ2) is 5.43. The molecule has 0 atom stereocenters. The molecule has 0 spiro atoms. The minimum atomic E-state index is -0.479. The van der Waals surface area contributed by atoms with Crippen molar-refractivity contribution >= 4 is 21.8 Å². The van der Waals surface area contributed by atoms with Crippen molar-refractivity contribution in [1.29, 1.82) is 0 Å². The third-order valence-corrected chi connectivity index (χ3v) is 2.88. The van der Waals surface area contributed by atoms with Crippen molar-refractivity contribution in [1.82, 2.24) is 4.90 Å². The van der Waals surface area contributed by atoms with Crippen molar-refractivity contribution in [2.75, 3.05) is 6.54 Å². The fraction of sp³-hybridized carbons (Fsp3) is 0.417. The van der Waals surface area contributed by atoms with E-state index in [-0.39, 0.29) is 17.5 Å². The Balaban J connectivity index is 3.08. The molecule has 0 fully saturated rings. The quantitative estimate of drug-likeness (QED) is 0.834. The summed E-state index contributed by atoms with van der Waals surface area (Å²) < 4.78 is 14.2. The van der Waals surface area contributed by atoms with Crippen molar-refractivity contribution < 1.29 is 9.18 Å². The van der Waals surface area contributed by atoms with Gasteiger partial charge in [-0.1, -0.05) is 15.9 Å². The smallest absolute Gasteiger partial charge is 0.257 e. The largest absolute Gasteiger partial charge is 0.336 e. The van der Waals surface area contributed by atoms with Crippen molar-refractivity contribution in [3.8, 4) is 0 Å². The van der Waals surface area contributed by atoms with Crippen LogP contribution in [0.15, 0.2) is 22.7 Å². The van der Waals surface area contributed by atoms with Gasteiger partial charge >= 0.3 is 0 Å². The molecule has 0 bridgehead atoms. The Morgan fingerprint density at radius 2 is 2.12 bits per heavy atom. The van der Waals surface area contributed by atoms with Crippen LogP contribution < -0.4 is 0 Å². The van der Waals surface area contributed by atoms with E-state index in [9.17, 15) is 9.18 Å². The third-order valence-electron chi connectivity index (χ3n) is 2.38. The molecular formula is C12H15BrFNO. The minimum absolute atomic E-state index is 0.0656. The summed E-state index contributed by atoms with van der Waals surface area (Å²) in [7, 11) is 0. The number of benzene rings is 1. The highest BCUT2D eigenvalue weighted by molar-refractivity contribution is 9.10. The first-order valence-electron chi connectivity index (χ1n) is 5.23. The van der Waals surface area contributed by atoms with Crippen LogP contribution >= 0.6 is 15.9 Å². The monoisotopic (exact) mass is 287 g/mol. The summed E-state index contributed by atoms with van der Waals surface area (Å²) in [6.45, 7) is 6.28. The lowest BCUT2D eigenvalue weighted by atomic mass is 10.1. The van der Waals surface area contributed by atoms with Crippen LogP contribution in [0.5, 0.6) is 0 Å². The number of halogens is 2. The Hall–Kier alpha value is -0.900. The van der Waals surface area contributed by atoms with E-state index in [1.54, 1.807) is 11.0 Å². The van der Waals surface area contributed by atoms with E-state index >= 15 is 0 Å². The van der Waals surface area contributed by atoms with E-state index in [1.165, 1.54) is 12.1 Å². The Labute approximate surface area is 104 Å². The molecule has 1 amide bonds. The van der Waals surface area contributed by atoms with E-state index in [1.807, 2.05) is 20.8 Å². The molecule has 4 heteroatoms. The van der Waals surface area contributed by atoms with Gasteiger partial charge in [-0.25, -0.2) is 4.39 Å². The van der Waals surface area contributed by atoms with Gasteiger partial charge in [0.2, 0.25) is 0 Å². The van der Waals surface area contributed by atoms with Gasteiger partial charge in [0.25, 0.3) is 5.91 Å². The Kier molecular flexibility index (Phi) is 4.47. The molecular weight excluding hydrogens is 273 g/mol. The number of carbonyl (C=O) groups excluding carboxylic acids is 1. The van der Waals surface area contributed by atoms with Crippen molar-refractivity contribution in [2.45, 2.75) is 26.8 Å². The fourth-order valence-electron chi connectivity index (χ4n) is 1.56. The second-order valence-electron chi connectivity index (χ2n) is 3.81. The molecule has 1 rings (SSSR count). The van der Waals surface area contributed by atoms with Gasteiger partial charge in [0.1, 0.15) is 5.82 Å². The molecule has 0 aromatic heterocycles. The second-order valence-corrected chi connectivity index (χ2v) is 4.72. The molecule has 0 aliphatic rings. The number of nitrogens with zero attached hydrogens (tertiary/aromatic N) is 1. The molecule has 1 aromatic rings. The number of hydrogen-bond donors (Lipinski definition) is 0. The predicted molar refractivity (Wildman–Crippen MR) is 65.9 cm³/mol. The third kappa shape index (κ3) is 2.82. The molecule has 0 N–H and O–H groups in total. The standard InChI is InChI=1S/C12H15BrFNO/c1-4-15(8(2)3)12(16)10-7-9(13)5-6-11(10)14/h5-8H,4H2,1-3H3. The zero-order valence-corrected chi connectivity index (χ0v) is 11.2. The van der Waals surface area contributed by atoms with Crippen LogP contribution in [0, 0.1) is 5.82 Å². The first-order valence-corrected chi connectivity index (χ1v) is 6.02. The molecule has 0 unspecified atom stereocenters. The first-order chi connectivity index (χ1) is 7.47. The molecule has 0 saturated carbocycles. The first kappa shape index (κ1) is 13.2. The lowest BCUT2D eigenvalue weighted by molar-refractivity contribution is 0.0712. The molecule has 0 aliphatic heterocycles. The molecule has 1 aromatic carbocycles. The summed E-state index contributed by atoms with van der Waals surface area (Å²) in [4.78, 5) is 13.7. The average Bonchev–Trinajstić information content (AvgIpc) is 2.22. The summed E-state index contributed by atoms with van der Waals surface area (Å²) in [6.07, 6.45) is 0. The summed E-state index contributed by atoms with van der Waals surface area (Å²) >= 11 is 3.24. The zero-order chi connectivity index (χ0) is 12.3. The summed E-state index contributed by atoms with van der Waals surface area (Å²) in [6, 6.07) is 4.46. The van der Waals surface area contributed by atoms with Gasteiger partial charge in [-0.2, -0.15) is 0 Å². The molecule has 0 saturated heterocycles. The highest BCUT2D eigenvalue weighted by Crippen LogP contribution is 2.18. The van der Waals surface area contributed by atoms with Gasteiger partial charge in [0, 0.05) is 17.1 Å². The van der Waals surface area contributed by atoms with Crippen LogP contribution in [0.25, 0.3) is 0 Å². The predicted octanol–water partition coefficient (Wildman–Crippen LogP) is 3.46. The van der Waals surface area contributed by atoms with Crippen LogP contribution in [0.1, 0.15) is 31.1 Å². The Morgan fingerprint density at radius 3 is 2.62 bits per heavy atom. The van der Waals surface area contributed by atoms with Crippen molar-refractivity contribution in [2.24, 2.45) is 0 Å². The highest BCUT2D eigenvalue weighted by atomic mass is 79.9. The molecule has 88 valence electrons. The van der Waals surface area contributed by atoms with Crippen molar-refractivity contribution in [3.05, 3.63) is 34.1 Å². The van der Waals surface area contributed by atoms with Gasteiger partial charge < -0.3 is 4.90 Å². The molecule has 0 radical (unpaired) electrons. The maximum Gasteiger partial charge on any atom is 0.257 e. The highest BCUT2D eigenvalue weighted by Gasteiger charge is 2.20. The lowest BCUT2D eigenvalue weighted by Crippen LogP contribution is -2.37. The summed E-state index contributed by atoms with van der Waals surface area (Å²) in [5.41, 5.74) is 0.116. The minimum Gasteiger partial charge on any atom is -0.336 e. The fourth-order valence-corrected chi connectivity index (χ4v) is 1.92. The van der Waals surface area contributed by atoms with Gasteiger partial charge in [0.05, 0.1) is 5.56 Å². The van der Waals surface area contributed by atoms with Crippen LogP contribution in [-0.4, -0.2) is 23.4 Å². The van der Waals surface area contributed by atoms with Crippen LogP contribution in [-0.2, 0) is 0 Å². The molecule has 0 heterocycles. The van der Waals surface area contributed by atoms with Gasteiger partial charge in [-0.15, -0.1) is 0 Å². The molecule has 2 nitrogen and oxygen atoms in total. The number of amides is 1. The van der Waals surface area contributed by atoms with Crippen LogP contribution in [0.3, 0.4) is 0 Å². The summed E-state index contributed by atoms with van der Waals surface area (Å²) in [5.74, 6) is -0.747. The average molecular weight is 288 g/mol. The number of hydrogen-bond acceptors (Lipinski definition) is 1. The maximum atomic E-state index is 13.5. The van der Waals surface area contributed by atoms with E-state index in [0.29, 0.717) is 11.0 Å². The SMILES string of the molecule is CCN(C(=O)c1cc(Br)ccc1F)C(C)C. The zero-order valence-electron chi connectivity index (χ0n) is 9.63. The van der Waals surface area contributed by atoms with E-state index < -0.39 is 5.82 Å². The van der Waals surface area contributed by atoms with Crippen molar-refractivity contribution in [3.63, 3.8) is 0 Å². The molecule has 0 aliphatic carbocycles. The Bertz CT molecular complexity index is 393.